The van der Waals surface area contributed by atoms with Crippen molar-refractivity contribution in [2.24, 2.45) is 10.7 Å². The SMILES string of the molecule is CCc1cccc(NC(N)=NCc2cc(C)cc(OC)c2)c1. The van der Waals surface area contributed by atoms with Crippen LogP contribution >= 0.6 is 0 Å². The fraction of sp³-hybridized carbons (Fsp3) is 0.278. The predicted molar refractivity (Wildman–Crippen MR) is 92.5 cm³/mol. The second-order valence-corrected chi connectivity index (χ2v) is 5.24. The molecule has 0 saturated heterocycles. The van der Waals surface area contributed by atoms with E-state index in [-0.39, 0.29) is 0 Å². The van der Waals surface area contributed by atoms with Crippen molar-refractivity contribution in [1.29, 1.82) is 0 Å². The first kappa shape index (κ1) is 15.9. The van der Waals surface area contributed by atoms with Crippen LogP contribution in [0.15, 0.2) is 47.5 Å². The fourth-order valence-corrected chi connectivity index (χ4v) is 2.27. The van der Waals surface area contributed by atoms with Gasteiger partial charge in [0.05, 0.1) is 13.7 Å². The van der Waals surface area contributed by atoms with Gasteiger partial charge >= 0.3 is 0 Å². The van der Waals surface area contributed by atoms with E-state index in [2.05, 4.69) is 35.4 Å². The van der Waals surface area contributed by atoms with Crippen LogP contribution in [0.25, 0.3) is 0 Å². The van der Waals surface area contributed by atoms with E-state index < -0.39 is 0 Å². The molecular formula is C18H23N3O. The summed E-state index contributed by atoms with van der Waals surface area (Å²) < 4.78 is 5.27. The van der Waals surface area contributed by atoms with Crippen molar-refractivity contribution in [3.05, 3.63) is 59.2 Å². The Labute approximate surface area is 132 Å². The van der Waals surface area contributed by atoms with Crippen LogP contribution in [0.5, 0.6) is 5.75 Å². The Morgan fingerprint density at radius 2 is 2.00 bits per heavy atom. The van der Waals surface area contributed by atoms with Gasteiger partial charge in [0.1, 0.15) is 5.75 Å². The molecule has 0 amide bonds. The van der Waals surface area contributed by atoms with Gasteiger partial charge in [0.2, 0.25) is 0 Å². The molecule has 0 spiro atoms. The zero-order chi connectivity index (χ0) is 15.9. The van der Waals surface area contributed by atoms with Crippen molar-refractivity contribution in [3.8, 4) is 5.75 Å². The first-order valence-corrected chi connectivity index (χ1v) is 7.41. The van der Waals surface area contributed by atoms with Crippen LogP contribution < -0.4 is 15.8 Å². The Balaban J connectivity index is 2.04. The molecule has 2 rings (SSSR count). The molecule has 2 aromatic rings. The van der Waals surface area contributed by atoms with E-state index in [4.69, 9.17) is 10.5 Å². The lowest BCUT2D eigenvalue weighted by Gasteiger charge is -2.08. The van der Waals surface area contributed by atoms with Gasteiger partial charge in [-0.15, -0.1) is 0 Å². The molecule has 0 heterocycles. The van der Waals surface area contributed by atoms with Crippen LogP contribution in [-0.4, -0.2) is 13.1 Å². The average Bonchev–Trinajstić information content (AvgIpc) is 2.52. The molecule has 0 bridgehead atoms. The van der Waals surface area contributed by atoms with E-state index in [9.17, 15) is 0 Å². The fourth-order valence-electron chi connectivity index (χ4n) is 2.27. The van der Waals surface area contributed by atoms with E-state index in [1.165, 1.54) is 5.56 Å². The third kappa shape index (κ3) is 4.52. The summed E-state index contributed by atoms with van der Waals surface area (Å²) >= 11 is 0. The number of benzene rings is 2. The minimum Gasteiger partial charge on any atom is -0.497 e. The molecule has 116 valence electrons. The summed E-state index contributed by atoms with van der Waals surface area (Å²) in [6.07, 6.45) is 0.996. The normalized spacial score (nSPS) is 11.3. The predicted octanol–water partition coefficient (Wildman–Crippen LogP) is 3.49. The van der Waals surface area contributed by atoms with E-state index in [0.717, 1.165) is 29.0 Å². The number of ether oxygens (including phenoxy) is 1. The molecule has 4 nitrogen and oxygen atoms in total. The molecule has 4 heteroatoms. The van der Waals surface area contributed by atoms with Crippen LogP contribution in [0.1, 0.15) is 23.6 Å². The van der Waals surface area contributed by atoms with Crippen molar-refractivity contribution in [2.45, 2.75) is 26.8 Å². The van der Waals surface area contributed by atoms with Gasteiger partial charge in [-0.2, -0.15) is 0 Å². The number of anilines is 1. The lowest BCUT2D eigenvalue weighted by Crippen LogP contribution is -2.22. The number of nitrogens with zero attached hydrogens (tertiary/aromatic N) is 1. The standard InChI is InChI=1S/C18H23N3O/c1-4-14-6-5-7-16(10-14)21-18(19)20-12-15-8-13(2)9-17(11-15)22-3/h5-11H,4,12H2,1-3H3,(H3,19,20,21). The van der Waals surface area contributed by atoms with Gasteiger partial charge in [-0.1, -0.05) is 25.1 Å². The quantitative estimate of drug-likeness (QED) is 0.656. The number of aliphatic imine (C=N–C) groups is 1. The number of nitrogens with two attached hydrogens (primary N) is 1. The lowest BCUT2D eigenvalue weighted by molar-refractivity contribution is 0.414. The minimum atomic E-state index is 0.411. The Kier molecular flexibility index (Phi) is 5.42. The zero-order valence-electron chi connectivity index (χ0n) is 13.4. The second kappa shape index (κ2) is 7.50. The molecule has 0 aliphatic heterocycles. The molecule has 0 atom stereocenters. The van der Waals surface area contributed by atoms with Crippen molar-refractivity contribution in [1.82, 2.24) is 0 Å². The molecule has 0 fully saturated rings. The van der Waals surface area contributed by atoms with E-state index in [1.807, 2.05) is 31.2 Å². The highest BCUT2D eigenvalue weighted by Gasteiger charge is 2.00. The first-order valence-electron chi connectivity index (χ1n) is 7.41. The monoisotopic (exact) mass is 297 g/mol. The van der Waals surface area contributed by atoms with E-state index >= 15 is 0 Å². The third-order valence-electron chi connectivity index (χ3n) is 3.39. The maximum Gasteiger partial charge on any atom is 0.193 e. The van der Waals surface area contributed by atoms with Crippen LogP contribution in [0.4, 0.5) is 5.69 Å². The summed E-state index contributed by atoms with van der Waals surface area (Å²) in [5.74, 6) is 1.25. The summed E-state index contributed by atoms with van der Waals surface area (Å²) in [5, 5.41) is 3.13. The molecule has 0 unspecified atom stereocenters. The number of methoxy groups -OCH3 is 1. The Hall–Kier alpha value is -2.49. The van der Waals surface area contributed by atoms with Crippen molar-refractivity contribution >= 4 is 11.6 Å². The van der Waals surface area contributed by atoms with Crippen LogP contribution in [-0.2, 0) is 13.0 Å². The smallest absolute Gasteiger partial charge is 0.193 e. The van der Waals surface area contributed by atoms with Crippen LogP contribution in [0, 0.1) is 6.92 Å². The molecule has 0 aliphatic rings. The first-order chi connectivity index (χ1) is 10.6. The molecule has 0 aliphatic carbocycles. The Morgan fingerprint density at radius 3 is 2.73 bits per heavy atom. The molecule has 0 radical (unpaired) electrons. The molecule has 3 N–H and O–H groups in total. The molecule has 22 heavy (non-hydrogen) atoms. The van der Waals surface area contributed by atoms with Gasteiger partial charge < -0.3 is 15.8 Å². The molecular weight excluding hydrogens is 274 g/mol. The summed E-state index contributed by atoms with van der Waals surface area (Å²) in [4.78, 5) is 4.39. The Morgan fingerprint density at radius 1 is 1.18 bits per heavy atom. The van der Waals surface area contributed by atoms with E-state index in [1.54, 1.807) is 7.11 Å². The number of aryl methyl sites for hydroxylation is 2. The highest BCUT2D eigenvalue weighted by atomic mass is 16.5. The van der Waals surface area contributed by atoms with Crippen LogP contribution in [0.2, 0.25) is 0 Å². The van der Waals surface area contributed by atoms with Crippen molar-refractivity contribution in [3.63, 3.8) is 0 Å². The van der Waals surface area contributed by atoms with Gasteiger partial charge in [-0.3, -0.25) is 0 Å². The molecule has 0 aromatic heterocycles. The lowest BCUT2D eigenvalue weighted by atomic mass is 10.1. The zero-order valence-corrected chi connectivity index (χ0v) is 13.4. The van der Waals surface area contributed by atoms with Gasteiger partial charge in [-0.25, -0.2) is 4.99 Å². The minimum absolute atomic E-state index is 0.411. The van der Waals surface area contributed by atoms with Gasteiger partial charge in [0.15, 0.2) is 5.96 Å². The van der Waals surface area contributed by atoms with Crippen LogP contribution in [0.3, 0.4) is 0 Å². The number of hydrogen-bond acceptors (Lipinski definition) is 2. The van der Waals surface area contributed by atoms with Crippen molar-refractivity contribution in [2.75, 3.05) is 12.4 Å². The summed E-state index contributed by atoms with van der Waals surface area (Å²) in [7, 11) is 1.67. The summed E-state index contributed by atoms with van der Waals surface area (Å²) in [5.41, 5.74) is 10.4. The van der Waals surface area contributed by atoms with Gasteiger partial charge in [0, 0.05) is 5.69 Å². The number of hydrogen-bond donors (Lipinski definition) is 2. The summed E-state index contributed by atoms with van der Waals surface area (Å²) in [6.45, 7) is 4.68. The highest BCUT2D eigenvalue weighted by molar-refractivity contribution is 5.92. The third-order valence-corrected chi connectivity index (χ3v) is 3.39. The maximum atomic E-state index is 5.96. The van der Waals surface area contributed by atoms with E-state index in [0.29, 0.717) is 12.5 Å². The van der Waals surface area contributed by atoms with Gasteiger partial charge in [-0.05, 0) is 54.3 Å². The highest BCUT2D eigenvalue weighted by Crippen LogP contribution is 2.17. The largest absolute Gasteiger partial charge is 0.497 e. The maximum absolute atomic E-state index is 5.96. The molecule has 0 saturated carbocycles. The number of guanidine groups is 1. The average molecular weight is 297 g/mol. The molecule has 2 aromatic carbocycles. The number of nitrogens with one attached hydrogen (secondary N) is 1. The number of rotatable bonds is 5. The second-order valence-electron chi connectivity index (χ2n) is 5.24. The topological polar surface area (TPSA) is 59.6 Å². The van der Waals surface area contributed by atoms with Crippen molar-refractivity contribution < 1.29 is 4.74 Å². The Bertz CT molecular complexity index is 665. The van der Waals surface area contributed by atoms with Gasteiger partial charge in [0.25, 0.3) is 0 Å². The summed E-state index contributed by atoms with van der Waals surface area (Å²) in [6, 6.07) is 14.2.